The zero-order valence-electron chi connectivity index (χ0n) is 13.0. The molecular weight excluding hydrogens is 339 g/mol. The van der Waals surface area contributed by atoms with Crippen LogP contribution in [0.3, 0.4) is 0 Å². The molecule has 1 aromatic carbocycles. The highest BCUT2D eigenvalue weighted by molar-refractivity contribution is 9.10. The van der Waals surface area contributed by atoms with Crippen LogP contribution in [0, 0.1) is 5.82 Å². The fraction of sp³-hybridized carbons (Fsp3) is 0.533. The number of alkyl carbamates (subject to hydrolysis) is 1. The molecule has 0 aliphatic rings. The van der Waals surface area contributed by atoms with Crippen molar-refractivity contribution in [3.8, 4) is 0 Å². The number of halogens is 2. The topological polar surface area (TPSA) is 50.4 Å². The lowest BCUT2D eigenvalue weighted by Crippen LogP contribution is -2.48. The molecule has 1 aromatic rings. The first-order valence-electron chi connectivity index (χ1n) is 6.69. The lowest BCUT2D eigenvalue weighted by Gasteiger charge is -2.31. The Labute approximate surface area is 133 Å². The van der Waals surface area contributed by atoms with E-state index in [1.807, 2.05) is 6.92 Å². The predicted octanol–water partition coefficient (Wildman–Crippen LogP) is 3.55. The second kappa shape index (κ2) is 6.75. The lowest BCUT2D eigenvalue weighted by molar-refractivity contribution is 0.0511. The molecular formula is C15H22BrFN2O2. The Morgan fingerprint density at radius 3 is 2.48 bits per heavy atom. The zero-order valence-corrected chi connectivity index (χ0v) is 14.6. The maximum absolute atomic E-state index is 14.0. The number of benzene rings is 1. The molecule has 0 saturated carbocycles. The van der Waals surface area contributed by atoms with Gasteiger partial charge in [0.1, 0.15) is 11.4 Å². The molecule has 0 heterocycles. The average Bonchev–Trinajstić information content (AvgIpc) is 2.37. The van der Waals surface area contributed by atoms with Gasteiger partial charge in [-0.3, -0.25) is 0 Å². The Hall–Kier alpha value is -1.14. The molecule has 0 bridgehead atoms. The molecule has 0 spiro atoms. The van der Waals surface area contributed by atoms with E-state index in [0.717, 1.165) is 4.47 Å². The molecule has 1 amide bonds. The molecule has 2 N–H and O–H groups in total. The Morgan fingerprint density at radius 2 is 1.95 bits per heavy atom. The summed E-state index contributed by atoms with van der Waals surface area (Å²) in [5, 5.41) is 5.72. The molecule has 1 unspecified atom stereocenters. The van der Waals surface area contributed by atoms with Crippen LogP contribution in [0.5, 0.6) is 0 Å². The molecule has 0 aliphatic carbocycles. The van der Waals surface area contributed by atoms with Gasteiger partial charge in [0.25, 0.3) is 0 Å². The average molecular weight is 361 g/mol. The Morgan fingerprint density at radius 1 is 1.33 bits per heavy atom. The zero-order chi connectivity index (χ0) is 16.3. The standard InChI is InChI=1S/C15H22BrFN2O2/c1-14(2,3)21-13(20)19-9-15(4,18-5)11-8-10(16)6-7-12(11)17/h6-8,18H,9H2,1-5H3,(H,19,20). The van der Waals surface area contributed by atoms with Gasteiger partial charge in [-0.05, 0) is 52.9 Å². The summed E-state index contributed by atoms with van der Waals surface area (Å²) in [6.07, 6.45) is -0.528. The summed E-state index contributed by atoms with van der Waals surface area (Å²) in [7, 11) is 1.72. The molecule has 0 aromatic heterocycles. The van der Waals surface area contributed by atoms with Gasteiger partial charge in [0.15, 0.2) is 0 Å². The number of likely N-dealkylation sites (N-methyl/N-ethyl adjacent to an activating group) is 1. The Bertz CT molecular complexity index is 517. The number of hydrogen-bond donors (Lipinski definition) is 2. The molecule has 6 heteroatoms. The highest BCUT2D eigenvalue weighted by Gasteiger charge is 2.29. The van der Waals surface area contributed by atoms with Crippen molar-refractivity contribution in [3.63, 3.8) is 0 Å². The third-order valence-electron chi connectivity index (χ3n) is 3.06. The van der Waals surface area contributed by atoms with Gasteiger partial charge in [-0.15, -0.1) is 0 Å². The number of nitrogens with one attached hydrogen (secondary N) is 2. The second-order valence-corrected chi connectivity index (χ2v) is 6.98. The van der Waals surface area contributed by atoms with Crippen LogP contribution in [0.25, 0.3) is 0 Å². The maximum atomic E-state index is 14.0. The number of rotatable bonds is 4. The summed E-state index contributed by atoms with van der Waals surface area (Å²) < 4.78 is 20.0. The molecule has 118 valence electrons. The van der Waals surface area contributed by atoms with Crippen molar-refractivity contribution in [2.75, 3.05) is 13.6 Å². The third kappa shape index (κ3) is 5.28. The Balaban J connectivity index is 2.86. The van der Waals surface area contributed by atoms with Crippen LogP contribution in [-0.2, 0) is 10.3 Å². The summed E-state index contributed by atoms with van der Waals surface area (Å²) >= 11 is 3.33. The molecule has 0 fully saturated rings. The molecule has 0 radical (unpaired) electrons. The minimum Gasteiger partial charge on any atom is -0.444 e. The summed E-state index contributed by atoms with van der Waals surface area (Å²) in [6, 6.07) is 4.72. The van der Waals surface area contributed by atoms with E-state index in [4.69, 9.17) is 4.74 Å². The van der Waals surface area contributed by atoms with E-state index in [0.29, 0.717) is 5.56 Å². The van der Waals surface area contributed by atoms with E-state index >= 15 is 0 Å². The Kier molecular flexibility index (Phi) is 5.75. The summed E-state index contributed by atoms with van der Waals surface area (Å²) in [5.74, 6) is -0.332. The molecule has 0 saturated heterocycles. The van der Waals surface area contributed by atoms with Gasteiger partial charge in [0.05, 0.1) is 5.54 Å². The van der Waals surface area contributed by atoms with Gasteiger partial charge in [-0.25, -0.2) is 9.18 Å². The summed E-state index contributed by atoms with van der Waals surface area (Å²) in [6.45, 7) is 7.38. The van der Waals surface area contributed by atoms with Crippen molar-refractivity contribution >= 4 is 22.0 Å². The van der Waals surface area contributed by atoms with Crippen molar-refractivity contribution in [1.82, 2.24) is 10.6 Å². The van der Waals surface area contributed by atoms with Crippen molar-refractivity contribution in [1.29, 1.82) is 0 Å². The highest BCUT2D eigenvalue weighted by Crippen LogP contribution is 2.26. The van der Waals surface area contributed by atoms with Crippen LogP contribution in [0.15, 0.2) is 22.7 Å². The normalized spacial score (nSPS) is 14.4. The van der Waals surface area contributed by atoms with Gasteiger partial charge in [0.2, 0.25) is 0 Å². The summed E-state index contributed by atoms with van der Waals surface area (Å²) in [5.41, 5.74) is -0.846. The first kappa shape index (κ1) is 17.9. The van der Waals surface area contributed by atoms with Crippen LogP contribution in [0.1, 0.15) is 33.3 Å². The van der Waals surface area contributed by atoms with Crippen LogP contribution >= 0.6 is 15.9 Å². The van der Waals surface area contributed by atoms with Crippen LogP contribution in [-0.4, -0.2) is 25.3 Å². The first-order valence-corrected chi connectivity index (χ1v) is 7.48. The third-order valence-corrected chi connectivity index (χ3v) is 3.55. The van der Waals surface area contributed by atoms with Crippen LogP contribution < -0.4 is 10.6 Å². The molecule has 21 heavy (non-hydrogen) atoms. The van der Waals surface area contributed by atoms with Gasteiger partial charge in [-0.1, -0.05) is 15.9 Å². The minimum atomic E-state index is -0.745. The number of carbonyl (C=O) groups excluding carboxylic acids is 1. The van der Waals surface area contributed by atoms with E-state index < -0.39 is 17.2 Å². The lowest BCUT2D eigenvalue weighted by atomic mass is 9.91. The largest absolute Gasteiger partial charge is 0.444 e. The first-order chi connectivity index (χ1) is 9.57. The van der Waals surface area contributed by atoms with Gasteiger partial charge in [0, 0.05) is 16.6 Å². The molecule has 0 aliphatic heterocycles. The fourth-order valence-corrected chi connectivity index (χ4v) is 2.16. The van der Waals surface area contributed by atoms with E-state index in [1.54, 1.807) is 40.0 Å². The molecule has 1 atom stereocenters. The van der Waals surface area contributed by atoms with Crippen LogP contribution in [0.2, 0.25) is 0 Å². The minimum absolute atomic E-state index is 0.200. The van der Waals surface area contributed by atoms with Crippen molar-refractivity contribution in [2.45, 2.75) is 38.8 Å². The maximum Gasteiger partial charge on any atom is 0.407 e. The number of ether oxygens (including phenoxy) is 1. The van der Waals surface area contributed by atoms with E-state index in [9.17, 15) is 9.18 Å². The quantitative estimate of drug-likeness (QED) is 0.863. The van der Waals surface area contributed by atoms with Crippen molar-refractivity contribution in [3.05, 3.63) is 34.1 Å². The second-order valence-electron chi connectivity index (χ2n) is 6.06. The van der Waals surface area contributed by atoms with Crippen molar-refractivity contribution in [2.24, 2.45) is 0 Å². The van der Waals surface area contributed by atoms with Crippen LogP contribution in [0.4, 0.5) is 9.18 Å². The van der Waals surface area contributed by atoms with E-state index in [-0.39, 0.29) is 12.4 Å². The van der Waals surface area contributed by atoms with Crippen molar-refractivity contribution < 1.29 is 13.9 Å². The van der Waals surface area contributed by atoms with Gasteiger partial charge < -0.3 is 15.4 Å². The molecule has 4 nitrogen and oxygen atoms in total. The predicted molar refractivity (Wildman–Crippen MR) is 84.7 cm³/mol. The van der Waals surface area contributed by atoms with E-state index in [2.05, 4.69) is 26.6 Å². The molecule has 1 rings (SSSR count). The fourth-order valence-electron chi connectivity index (χ4n) is 1.80. The SMILES string of the molecule is CNC(C)(CNC(=O)OC(C)(C)C)c1cc(Br)ccc1F. The summed E-state index contributed by atoms with van der Waals surface area (Å²) in [4.78, 5) is 11.7. The number of carbonyl (C=O) groups is 1. The number of amides is 1. The number of hydrogen-bond acceptors (Lipinski definition) is 3. The highest BCUT2D eigenvalue weighted by atomic mass is 79.9. The smallest absolute Gasteiger partial charge is 0.407 e. The van der Waals surface area contributed by atoms with Gasteiger partial charge in [-0.2, -0.15) is 0 Å². The van der Waals surface area contributed by atoms with E-state index in [1.165, 1.54) is 6.07 Å². The van der Waals surface area contributed by atoms with Gasteiger partial charge >= 0.3 is 6.09 Å². The monoisotopic (exact) mass is 360 g/mol.